The third-order valence-corrected chi connectivity index (χ3v) is 5.97. The Morgan fingerprint density at radius 2 is 1.84 bits per heavy atom. The first-order chi connectivity index (χ1) is 14.8. The van der Waals surface area contributed by atoms with Crippen molar-refractivity contribution in [3.8, 4) is 0 Å². The number of carbonyl (C=O) groups is 2. The normalized spacial score (nSPS) is 19.6. The number of carbonyl (C=O) groups excluding carboxylic acids is 1. The van der Waals surface area contributed by atoms with Gasteiger partial charge >= 0.3 is 5.97 Å². The van der Waals surface area contributed by atoms with Crippen LogP contribution >= 0.6 is 0 Å². The standard InChI is InChI=1S/C24H28F2N2O3/c1-16-13-20(21(25)12-9-17-7-10-19(11-8-17)24(30)31)14-22(27-16)23(29)28(26)15-18-5-3-2-4-6-18/h2-6,13-14,17,19,21H,7-12,15H2,1H3,(H,30,31). The smallest absolute Gasteiger partial charge is 0.306 e. The lowest BCUT2D eigenvalue weighted by Gasteiger charge is -2.26. The van der Waals surface area contributed by atoms with Crippen molar-refractivity contribution in [2.24, 2.45) is 11.8 Å². The average molecular weight is 430 g/mol. The molecule has 31 heavy (non-hydrogen) atoms. The molecule has 1 heterocycles. The summed E-state index contributed by atoms with van der Waals surface area (Å²) in [7, 11) is 0. The van der Waals surface area contributed by atoms with Gasteiger partial charge in [-0.05, 0) is 74.6 Å². The molecule has 5 nitrogen and oxygen atoms in total. The van der Waals surface area contributed by atoms with Gasteiger partial charge < -0.3 is 5.11 Å². The molecule has 166 valence electrons. The number of aromatic nitrogens is 1. The van der Waals surface area contributed by atoms with E-state index >= 15 is 0 Å². The predicted octanol–water partition coefficient (Wildman–Crippen LogP) is 5.60. The number of nitrogens with zero attached hydrogens (tertiary/aromatic N) is 2. The van der Waals surface area contributed by atoms with E-state index in [1.165, 1.54) is 6.07 Å². The van der Waals surface area contributed by atoms with Crippen LogP contribution in [0.4, 0.5) is 8.87 Å². The Bertz CT molecular complexity index is 899. The number of aryl methyl sites for hydroxylation is 1. The molecule has 1 atom stereocenters. The van der Waals surface area contributed by atoms with Gasteiger partial charge in [0, 0.05) is 5.69 Å². The predicted molar refractivity (Wildman–Crippen MR) is 113 cm³/mol. The van der Waals surface area contributed by atoms with Crippen LogP contribution in [0.1, 0.15) is 72.0 Å². The SMILES string of the molecule is Cc1cc(C(F)CCC2CCC(C(=O)O)CC2)cc(C(=O)N(F)Cc2ccccc2)n1. The Balaban J connectivity index is 1.59. The molecule has 1 saturated carbocycles. The van der Waals surface area contributed by atoms with Crippen LogP contribution in [0.25, 0.3) is 0 Å². The largest absolute Gasteiger partial charge is 0.481 e. The first-order valence-electron chi connectivity index (χ1n) is 10.7. The second kappa shape index (κ2) is 10.5. The molecule has 0 spiro atoms. The summed E-state index contributed by atoms with van der Waals surface area (Å²) in [4.78, 5) is 27.6. The van der Waals surface area contributed by atoms with Crippen LogP contribution in [-0.4, -0.2) is 27.1 Å². The molecule has 2 aromatic rings. The van der Waals surface area contributed by atoms with Crippen molar-refractivity contribution in [2.75, 3.05) is 0 Å². The van der Waals surface area contributed by atoms with Gasteiger partial charge in [-0.1, -0.05) is 34.8 Å². The highest BCUT2D eigenvalue weighted by molar-refractivity contribution is 5.91. The van der Waals surface area contributed by atoms with E-state index in [4.69, 9.17) is 5.11 Å². The Morgan fingerprint density at radius 3 is 2.48 bits per heavy atom. The highest BCUT2D eigenvalue weighted by Gasteiger charge is 2.27. The fourth-order valence-corrected chi connectivity index (χ4v) is 4.17. The second-order valence-electron chi connectivity index (χ2n) is 8.34. The van der Waals surface area contributed by atoms with E-state index in [-0.39, 0.29) is 29.7 Å². The van der Waals surface area contributed by atoms with Crippen LogP contribution in [0.5, 0.6) is 0 Å². The fraction of sp³-hybridized carbons (Fsp3) is 0.458. The third kappa shape index (κ3) is 6.32. The van der Waals surface area contributed by atoms with Gasteiger partial charge in [-0.15, -0.1) is 0 Å². The average Bonchev–Trinajstić information content (AvgIpc) is 2.77. The Hall–Kier alpha value is -2.83. The van der Waals surface area contributed by atoms with Crippen molar-refractivity contribution < 1.29 is 23.6 Å². The van der Waals surface area contributed by atoms with Gasteiger partial charge in [0.05, 0.1) is 12.5 Å². The Labute approximate surface area is 181 Å². The highest BCUT2D eigenvalue weighted by Crippen LogP contribution is 2.34. The molecule has 1 aliphatic carbocycles. The van der Waals surface area contributed by atoms with E-state index in [2.05, 4.69) is 4.98 Å². The monoisotopic (exact) mass is 430 g/mol. The number of aliphatic carboxylic acids is 1. The zero-order valence-corrected chi connectivity index (χ0v) is 17.6. The van der Waals surface area contributed by atoms with Gasteiger partial charge in [0.25, 0.3) is 5.91 Å². The lowest BCUT2D eigenvalue weighted by Crippen LogP contribution is -2.24. The first-order valence-corrected chi connectivity index (χ1v) is 10.7. The van der Waals surface area contributed by atoms with Crippen LogP contribution in [0.15, 0.2) is 42.5 Å². The van der Waals surface area contributed by atoms with Crippen LogP contribution < -0.4 is 0 Å². The molecule has 1 N–H and O–H groups in total. The minimum Gasteiger partial charge on any atom is -0.481 e. The molecule has 1 aromatic carbocycles. The fourth-order valence-electron chi connectivity index (χ4n) is 4.17. The minimum absolute atomic E-state index is 0.0923. The number of hydrogen-bond donors (Lipinski definition) is 1. The van der Waals surface area contributed by atoms with E-state index in [0.717, 1.165) is 12.8 Å². The maximum atomic E-state index is 14.9. The van der Waals surface area contributed by atoms with Crippen molar-refractivity contribution in [1.29, 1.82) is 0 Å². The molecule has 1 aliphatic rings. The summed E-state index contributed by atoms with van der Waals surface area (Å²) >= 11 is 0. The molecular weight excluding hydrogens is 402 g/mol. The van der Waals surface area contributed by atoms with E-state index < -0.39 is 18.0 Å². The van der Waals surface area contributed by atoms with Crippen LogP contribution in [0.3, 0.4) is 0 Å². The number of benzene rings is 1. The van der Waals surface area contributed by atoms with Crippen LogP contribution in [-0.2, 0) is 11.3 Å². The first kappa shape index (κ1) is 22.8. The highest BCUT2D eigenvalue weighted by atomic mass is 19.2. The Morgan fingerprint density at radius 1 is 1.16 bits per heavy atom. The molecule has 1 fully saturated rings. The number of alkyl halides is 1. The molecule has 1 amide bonds. The topological polar surface area (TPSA) is 70.5 Å². The summed E-state index contributed by atoms with van der Waals surface area (Å²) < 4.78 is 29.3. The molecule has 0 radical (unpaired) electrons. The molecule has 7 heteroatoms. The summed E-state index contributed by atoms with van der Waals surface area (Å²) in [6, 6.07) is 11.7. The lowest BCUT2D eigenvalue weighted by atomic mass is 9.79. The molecular formula is C24H28F2N2O3. The van der Waals surface area contributed by atoms with E-state index in [1.807, 2.05) is 6.07 Å². The minimum atomic E-state index is -1.28. The van der Waals surface area contributed by atoms with Crippen molar-refractivity contribution in [2.45, 2.75) is 58.2 Å². The van der Waals surface area contributed by atoms with E-state index in [9.17, 15) is 18.5 Å². The van der Waals surface area contributed by atoms with Gasteiger partial charge in [-0.3, -0.25) is 9.59 Å². The summed E-state index contributed by atoms with van der Waals surface area (Å²) in [5.74, 6) is -1.62. The van der Waals surface area contributed by atoms with Crippen molar-refractivity contribution in [1.82, 2.24) is 10.1 Å². The number of rotatable bonds is 8. The van der Waals surface area contributed by atoms with Crippen LogP contribution in [0, 0.1) is 18.8 Å². The van der Waals surface area contributed by atoms with Gasteiger partial charge in [-0.2, -0.15) is 5.12 Å². The molecule has 0 aliphatic heterocycles. The molecule has 3 rings (SSSR count). The molecule has 1 aromatic heterocycles. The quantitative estimate of drug-likeness (QED) is 0.554. The molecule has 0 bridgehead atoms. The number of amides is 1. The number of carboxylic acids is 1. The number of carboxylic acid groups (broad SMARTS) is 1. The van der Waals surface area contributed by atoms with Crippen molar-refractivity contribution >= 4 is 11.9 Å². The number of pyridine rings is 1. The van der Waals surface area contributed by atoms with E-state index in [1.54, 1.807) is 37.3 Å². The van der Waals surface area contributed by atoms with Gasteiger partial charge in [0.1, 0.15) is 11.9 Å². The molecule has 0 saturated heterocycles. The van der Waals surface area contributed by atoms with Gasteiger partial charge in [0.2, 0.25) is 0 Å². The second-order valence-corrected chi connectivity index (χ2v) is 8.34. The molecule has 1 unspecified atom stereocenters. The zero-order chi connectivity index (χ0) is 22.4. The maximum Gasteiger partial charge on any atom is 0.306 e. The van der Waals surface area contributed by atoms with Crippen LogP contribution in [0.2, 0.25) is 0 Å². The zero-order valence-electron chi connectivity index (χ0n) is 17.6. The van der Waals surface area contributed by atoms with Gasteiger partial charge in [-0.25, -0.2) is 9.37 Å². The number of hydrogen-bond acceptors (Lipinski definition) is 3. The van der Waals surface area contributed by atoms with Gasteiger partial charge in [0.15, 0.2) is 0 Å². The van der Waals surface area contributed by atoms with Crippen molar-refractivity contribution in [3.63, 3.8) is 0 Å². The summed E-state index contributed by atoms with van der Waals surface area (Å²) in [5, 5.41) is 9.18. The van der Waals surface area contributed by atoms with Crippen molar-refractivity contribution in [3.05, 3.63) is 65.0 Å². The summed E-state index contributed by atoms with van der Waals surface area (Å²) in [5.41, 5.74) is 1.31. The number of halogens is 2. The lowest BCUT2D eigenvalue weighted by molar-refractivity contribution is -0.143. The third-order valence-electron chi connectivity index (χ3n) is 5.97. The maximum absolute atomic E-state index is 14.9. The summed E-state index contributed by atoms with van der Waals surface area (Å²) in [6.45, 7) is 1.45. The summed E-state index contributed by atoms with van der Waals surface area (Å²) in [6.07, 6.45) is 2.50. The Kier molecular flexibility index (Phi) is 7.71. The van der Waals surface area contributed by atoms with E-state index in [0.29, 0.717) is 42.0 Å².